The molecular weight excluding hydrogens is 348 g/mol. The second kappa shape index (κ2) is 9.72. The molecule has 0 bridgehead atoms. The topological polar surface area (TPSA) is 96.2 Å². The van der Waals surface area contributed by atoms with Gasteiger partial charge in [0.2, 0.25) is 11.8 Å². The van der Waals surface area contributed by atoms with E-state index in [9.17, 15) is 14.4 Å². The third kappa shape index (κ3) is 5.68. The molecule has 3 amide bonds. The maximum atomic E-state index is 12.7. The fraction of sp³-hybridized carbons (Fsp3) is 0.737. The van der Waals surface area contributed by atoms with Gasteiger partial charge in [0.25, 0.3) is 5.91 Å². The van der Waals surface area contributed by atoms with Crippen LogP contribution in [0.1, 0.15) is 20.3 Å². The Morgan fingerprint density at radius 2 is 1.89 bits per heavy atom. The number of hydrogen-bond donors (Lipinski definition) is 1. The van der Waals surface area contributed by atoms with E-state index in [-0.39, 0.29) is 23.7 Å². The molecule has 2 rings (SSSR count). The van der Waals surface area contributed by atoms with Crippen molar-refractivity contribution in [2.75, 3.05) is 53.0 Å². The Balaban J connectivity index is 1.87. The van der Waals surface area contributed by atoms with Crippen LogP contribution < -0.4 is 5.73 Å². The van der Waals surface area contributed by atoms with Crippen LogP contribution in [0, 0.1) is 23.7 Å². The minimum absolute atomic E-state index is 0.0679. The molecule has 0 aromatic rings. The van der Waals surface area contributed by atoms with Gasteiger partial charge in [0.05, 0.1) is 25.7 Å². The van der Waals surface area contributed by atoms with Gasteiger partial charge in [0, 0.05) is 33.2 Å². The van der Waals surface area contributed by atoms with E-state index in [2.05, 4.69) is 16.7 Å². The molecule has 2 fully saturated rings. The van der Waals surface area contributed by atoms with Crippen molar-refractivity contribution < 1.29 is 19.1 Å². The first-order valence-corrected chi connectivity index (χ1v) is 9.45. The third-order valence-corrected chi connectivity index (χ3v) is 5.11. The number of amides is 3. The second-order valence-corrected chi connectivity index (χ2v) is 7.47. The summed E-state index contributed by atoms with van der Waals surface area (Å²) in [6, 6.07) is -0.643. The molecule has 2 N–H and O–H groups in total. The highest BCUT2D eigenvalue weighted by atomic mass is 16.5. The number of likely N-dealkylation sites (tertiary alicyclic amines) is 1. The van der Waals surface area contributed by atoms with Gasteiger partial charge in [-0.25, -0.2) is 0 Å². The summed E-state index contributed by atoms with van der Waals surface area (Å²) < 4.78 is 5.28. The van der Waals surface area contributed by atoms with Crippen LogP contribution in [0.15, 0.2) is 0 Å². The lowest BCUT2D eigenvalue weighted by atomic mass is 9.99. The highest BCUT2D eigenvalue weighted by Gasteiger charge is 2.36. The van der Waals surface area contributed by atoms with Gasteiger partial charge < -0.3 is 20.3 Å². The van der Waals surface area contributed by atoms with Crippen LogP contribution in [0.4, 0.5) is 0 Å². The van der Waals surface area contributed by atoms with Crippen molar-refractivity contribution in [3.63, 3.8) is 0 Å². The number of carbonyl (C=O) groups excluding carboxylic acids is 3. The first-order chi connectivity index (χ1) is 12.8. The lowest BCUT2D eigenvalue weighted by Gasteiger charge is -2.30. The van der Waals surface area contributed by atoms with Crippen LogP contribution in [-0.2, 0) is 19.1 Å². The van der Waals surface area contributed by atoms with Crippen molar-refractivity contribution in [1.82, 2.24) is 14.7 Å². The number of nitrogens with two attached hydrogens (primary N) is 1. The van der Waals surface area contributed by atoms with Crippen LogP contribution in [0.2, 0.25) is 0 Å². The summed E-state index contributed by atoms with van der Waals surface area (Å²) in [4.78, 5) is 41.8. The summed E-state index contributed by atoms with van der Waals surface area (Å²) in [5.41, 5.74) is 5.44. The highest BCUT2D eigenvalue weighted by Crippen LogP contribution is 2.21. The van der Waals surface area contributed by atoms with Crippen LogP contribution in [0.5, 0.6) is 0 Å². The number of nitrogens with zero attached hydrogens (tertiary/aromatic N) is 3. The Bertz CT molecular complexity index is 619. The van der Waals surface area contributed by atoms with Crippen LogP contribution in [0.25, 0.3) is 0 Å². The first kappa shape index (κ1) is 21.2. The van der Waals surface area contributed by atoms with Gasteiger partial charge in [-0.05, 0) is 18.3 Å². The molecule has 2 aliphatic rings. The third-order valence-electron chi connectivity index (χ3n) is 5.11. The molecule has 0 aromatic carbocycles. The summed E-state index contributed by atoms with van der Waals surface area (Å²) in [6.45, 7) is 8.13. The van der Waals surface area contributed by atoms with Gasteiger partial charge in [0.1, 0.15) is 6.04 Å². The number of primary amides is 1. The number of ether oxygens (including phenoxy) is 1. The molecular formula is C19H30N4O4. The Morgan fingerprint density at radius 3 is 2.48 bits per heavy atom. The van der Waals surface area contributed by atoms with E-state index >= 15 is 0 Å². The maximum Gasteiger partial charge on any atom is 0.298 e. The molecule has 8 heteroatoms. The van der Waals surface area contributed by atoms with E-state index in [4.69, 9.17) is 10.5 Å². The van der Waals surface area contributed by atoms with Gasteiger partial charge in [-0.1, -0.05) is 19.8 Å². The molecule has 0 aliphatic carbocycles. The van der Waals surface area contributed by atoms with Crippen LogP contribution in [0.3, 0.4) is 0 Å². The fourth-order valence-electron chi connectivity index (χ4n) is 3.60. The molecule has 0 saturated carbocycles. The van der Waals surface area contributed by atoms with Crippen molar-refractivity contribution in [2.24, 2.45) is 17.6 Å². The average Bonchev–Trinajstić information content (AvgIpc) is 3.11. The number of hydrogen-bond acceptors (Lipinski definition) is 5. The predicted molar refractivity (Wildman–Crippen MR) is 100 cm³/mol. The maximum absolute atomic E-state index is 12.7. The summed E-state index contributed by atoms with van der Waals surface area (Å²) >= 11 is 0. The van der Waals surface area contributed by atoms with Gasteiger partial charge in [-0.15, -0.1) is 0 Å². The van der Waals surface area contributed by atoms with Crippen molar-refractivity contribution >= 4 is 17.7 Å². The molecule has 150 valence electrons. The predicted octanol–water partition coefficient (Wildman–Crippen LogP) is -0.861. The van der Waals surface area contributed by atoms with E-state index in [1.807, 2.05) is 13.8 Å². The van der Waals surface area contributed by atoms with E-state index in [1.165, 1.54) is 4.90 Å². The quantitative estimate of drug-likeness (QED) is 0.628. The molecule has 8 nitrogen and oxygen atoms in total. The fourth-order valence-corrected chi connectivity index (χ4v) is 3.60. The highest BCUT2D eigenvalue weighted by molar-refractivity contribution is 5.94. The summed E-state index contributed by atoms with van der Waals surface area (Å²) in [5.74, 6) is 4.29. The minimum Gasteiger partial charge on any atom is -0.379 e. The van der Waals surface area contributed by atoms with Crippen molar-refractivity contribution in [2.45, 2.75) is 26.3 Å². The number of carbonyl (C=O) groups is 3. The molecule has 1 unspecified atom stereocenters. The SMILES string of the molecule is CC(C)C(C(N)=O)N(C)C(=O)[C@H]1CCN(C(=O)C#CCN2CCOCC2)C1. The summed E-state index contributed by atoms with van der Waals surface area (Å²) in [7, 11) is 1.60. The standard InChI is InChI=1S/C19H30N4O4/c1-14(2)17(18(20)25)21(3)19(26)15-6-8-23(13-15)16(24)5-4-7-22-9-11-27-12-10-22/h14-15,17H,6-13H2,1-3H3,(H2,20,25)/t15-,17?/m0/s1. The largest absolute Gasteiger partial charge is 0.379 e. The minimum atomic E-state index is -0.643. The van der Waals surface area contributed by atoms with E-state index < -0.39 is 11.9 Å². The molecule has 0 aromatic heterocycles. The molecule has 27 heavy (non-hydrogen) atoms. The van der Waals surface area contributed by atoms with Gasteiger partial charge in [-0.3, -0.25) is 19.3 Å². The van der Waals surface area contributed by atoms with E-state index in [1.54, 1.807) is 11.9 Å². The lowest BCUT2D eigenvalue weighted by molar-refractivity contribution is -0.142. The Morgan fingerprint density at radius 1 is 1.22 bits per heavy atom. The van der Waals surface area contributed by atoms with Crippen molar-refractivity contribution in [3.05, 3.63) is 0 Å². The summed E-state index contributed by atoms with van der Waals surface area (Å²) in [6.07, 6.45) is 0.573. The van der Waals surface area contributed by atoms with E-state index in [0.29, 0.717) is 39.3 Å². The number of rotatable bonds is 5. The zero-order valence-corrected chi connectivity index (χ0v) is 16.4. The number of likely N-dealkylation sites (N-methyl/N-ethyl adjacent to an activating group) is 1. The molecule has 2 saturated heterocycles. The summed E-state index contributed by atoms with van der Waals surface area (Å²) in [5, 5.41) is 0. The molecule has 2 heterocycles. The zero-order valence-electron chi connectivity index (χ0n) is 16.4. The Labute approximate surface area is 161 Å². The zero-order chi connectivity index (χ0) is 20.0. The van der Waals surface area contributed by atoms with Gasteiger partial charge in [0.15, 0.2) is 0 Å². The number of morpholine rings is 1. The average molecular weight is 378 g/mol. The van der Waals surface area contributed by atoms with Crippen molar-refractivity contribution in [1.29, 1.82) is 0 Å². The van der Waals surface area contributed by atoms with Crippen LogP contribution >= 0.6 is 0 Å². The molecule has 2 aliphatic heterocycles. The monoisotopic (exact) mass is 378 g/mol. The molecule has 0 radical (unpaired) electrons. The molecule has 0 spiro atoms. The Hall–Kier alpha value is -2.11. The normalized spacial score (nSPS) is 21.5. The lowest BCUT2D eigenvalue weighted by Crippen LogP contribution is -2.50. The second-order valence-electron chi connectivity index (χ2n) is 7.47. The van der Waals surface area contributed by atoms with Gasteiger partial charge in [-0.2, -0.15) is 0 Å². The smallest absolute Gasteiger partial charge is 0.298 e. The first-order valence-electron chi connectivity index (χ1n) is 9.45. The van der Waals surface area contributed by atoms with Gasteiger partial charge >= 0.3 is 0 Å². The Kier molecular flexibility index (Phi) is 7.63. The van der Waals surface area contributed by atoms with Crippen LogP contribution in [-0.4, -0.2) is 91.4 Å². The van der Waals surface area contributed by atoms with Crippen molar-refractivity contribution in [3.8, 4) is 11.8 Å². The van der Waals surface area contributed by atoms with E-state index in [0.717, 1.165) is 13.1 Å². The molecule has 2 atom stereocenters.